The van der Waals surface area contributed by atoms with Gasteiger partial charge in [-0.25, -0.2) is 14.3 Å². The minimum Gasteiger partial charge on any atom is -0.459 e. The highest BCUT2D eigenvalue weighted by atomic mass is 32.1. The average molecular weight is 399 g/mol. The van der Waals surface area contributed by atoms with Crippen LogP contribution in [0.4, 0.5) is 5.00 Å². The van der Waals surface area contributed by atoms with E-state index in [4.69, 9.17) is 4.74 Å². The molecule has 1 aliphatic carbocycles. The van der Waals surface area contributed by atoms with Crippen molar-refractivity contribution in [3.8, 4) is 0 Å². The Hall–Kier alpha value is -2.81. The number of aromatic nitrogens is 4. The molecule has 0 unspecified atom stereocenters. The van der Waals surface area contributed by atoms with Gasteiger partial charge in [-0.05, 0) is 50.7 Å². The summed E-state index contributed by atoms with van der Waals surface area (Å²) in [5.74, 6) is -0.504. The summed E-state index contributed by atoms with van der Waals surface area (Å²) in [7, 11) is 0. The maximum Gasteiger partial charge on any atom is 0.341 e. The zero-order chi connectivity index (χ0) is 19.7. The molecule has 1 aliphatic rings. The molecule has 1 N–H and O–H groups in total. The first-order valence-corrected chi connectivity index (χ1v) is 10.2. The van der Waals surface area contributed by atoms with Crippen molar-refractivity contribution >= 4 is 34.0 Å². The molecule has 0 spiro atoms. The van der Waals surface area contributed by atoms with Gasteiger partial charge in [-0.15, -0.1) is 16.4 Å². The molecule has 1 atom stereocenters. The van der Waals surface area contributed by atoms with Crippen LogP contribution in [0.5, 0.6) is 0 Å². The van der Waals surface area contributed by atoms with E-state index in [0.29, 0.717) is 16.3 Å². The molecule has 0 saturated heterocycles. The lowest BCUT2D eigenvalue weighted by Crippen LogP contribution is -2.19. The number of fused-ring (bicyclic) bond motifs is 2. The summed E-state index contributed by atoms with van der Waals surface area (Å²) in [5, 5.41) is 7.49. The number of amides is 1. The van der Waals surface area contributed by atoms with Crippen LogP contribution >= 0.6 is 11.3 Å². The highest BCUT2D eigenvalue weighted by Gasteiger charge is 2.29. The van der Waals surface area contributed by atoms with E-state index in [-0.39, 0.29) is 17.9 Å². The molecule has 3 heterocycles. The van der Waals surface area contributed by atoms with E-state index < -0.39 is 5.91 Å². The molecule has 3 aromatic rings. The number of anilines is 1. The maximum atomic E-state index is 12.8. The standard InChI is InChI=1S/C19H21N5O3S/c1-3-11(2)27-18(26)14-12-7-4-5-8-13(12)28-17(14)22-16(25)15-21-19-20-9-6-10-24(19)23-15/h6,9-11H,3-5,7-8H2,1-2H3,(H,22,25)/t11-/m1/s1. The minimum atomic E-state index is -0.471. The number of carbonyl (C=O) groups excluding carboxylic acids is 2. The first-order valence-electron chi connectivity index (χ1n) is 9.41. The lowest BCUT2D eigenvalue weighted by molar-refractivity contribution is 0.0335. The average Bonchev–Trinajstić information content (AvgIpc) is 3.28. The number of aryl methyl sites for hydroxylation is 1. The summed E-state index contributed by atoms with van der Waals surface area (Å²) in [6.45, 7) is 3.83. The van der Waals surface area contributed by atoms with Crippen LogP contribution in [-0.4, -0.2) is 37.6 Å². The van der Waals surface area contributed by atoms with Gasteiger partial charge in [0.05, 0.1) is 11.7 Å². The predicted octanol–water partition coefficient (Wildman–Crippen LogP) is 3.27. The third-order valence-corrected chi connectivity index (χ3v) is 6.01. The van der Waals surface area contributed by atoms with Crippen LogP contribution < -0.4 is 5.32 Å². The summed E-state index contributed by atoms with van der Waals surface area (Å²) < 4.78 is 6.99. The number of ether oxygens (including phenoxy) is 1. The topological polar surface area (TPSA) is 98.5 Å². The highest BCUT2D eigenvalue weighted by Crippen LogP contribution is 2.39. The smallest absolute Gasteiger partial charge is 0.341 e. The second-order valence-electron chi connectivity index (χ2n) is 6.79. The second-order valence-corrected chi connectivity index (χ2v) is 7.90. The van der Waals surface area contributed by atoms with Gasteiger partial charge >= 0.3 is 5.97 Å². The number of hydrogen-bond acceptors (Lipinski definition) is 7. The van der Waals surface area contributed by atoms with Gasteiger partial charge in [0.2, 0.25) is 5.82 Å². The lowest BCUT2D eigenvalue weighted by atomic mass is 9.95. The Bertz CT molecular complexity index is 1010. The van der Waals surface area contributed by atoms with Crippen LogP contribution in [-0.2, 0) is 17.6 Å². The van der Waals surface area contributed by atoms with Crippen molar-refractivity contribution in [3.05, 3.63) is 40.3 Å². The molecule has 146 valence electrons. The molecule has 1 amide bonds. The molecule has 0 aliphatic heterocycles. The first kappa shape index (κ1) is 18.5. The van der Waals surface area contributed by atoms with E-state index in [1.807, 2.05) is 13.8 Å². The molecule has 28 heavy (non-hydrogen) atoms. The van der Waals surface area contributed by atoms with E-state index in [1.165, 1.54) is 15.9 Å². The molecular formula is C19H21N5O3S. The minimum absolute atomic E-state index is 0.00585. The number of esters is 1. The summed E-state index contributed by atoms with van der Waals surface area (Å²) in [6.07, 6.45) is 7.66. The zero-order valence-electron chi connectivity index (χ0n) is 15.8. The van der Waals surface area contributed by atoms with E-state index in [1.54, 1.807) is 18.5 Å². The Balaban J connectivity index is 1.65. The number of carbonyl (C=O) groups is 2. The molecule has 0 radical (unpaired) electrons. The Labute approximate surface area is 166 Å². The van der Waals surface area contributed by atoms with Gasteiger partial charge in [-0.3, -0.25) is 4.79 Å². The van der Waals surface area contributed by atoms with Crippen molar-refractivity contribution in [2.75, 3.05) is 5.32 Å². The number of thiophene rings is 1. The molecule has 0 bridgehead atoms. The Morgan fingerprint density at radius 3 is 2.96 bits per heavy atom. The monoisotopic (exact) mass is 399 g/mol. The summed E-state index contributed by atoms with van der Waals surface area (Å²) in [5.41, 5.74) is 1.49. The SMILES string of the molecule is CC[C@@H](C)OC(=O)c1c(NC(=O)c2nc3ncccn3n2)sc2c1CCCC2. The zero-order valence-corrected chi connectivity index (χ0v) is 16.6. The number of nitrogens with one attached hydrogen (secondary N) is 1. The molecule has 0 aromatic carbocycles. The fraction of sp³-hybridized carbons (Fsp3) is 0.421. The van der Waals surface area contributed by atoms with E-state index >= 15 is 0 Å². The summed E-state index contributed by atoms with van der Waals surface area (Å²) >= 11 is 1.44. The van der Waals surface area contributed by atoms with Gasteiger partial charge in [0.15, 0.2) is 0 Å². The molecule has 3 aromatic heterocycles. The molecule has 9 heteroatoms. The number of hydrogen-bond donors (Lipinski definition) is 1. The van der Waals surface area contributed by atoms with Gasteiger partial charge in [0.1, 0.15) is 5.00 Å². The highest BCUT2D eigenvalue weighted by molar-refractivity contribution is 7.17. The van der Waals surface area contributed by atoms with Crippen LogP contribution in [0.25, 0.3) is 5.78 Å². The fourth-order valence-corrected chi connectivity index (χ4v) is 4.46. The van der Waals surface area contributed by atoms with Gasteiger partial charge in [-0.1, -0.05) is 6.92 Å². The van der Waals surface area contributed by atoms with Crippen molar-refractivity contribution < 1.29 is 14.3 Å². The molecule has 0 fully saturated rings. The molecule has 8 nitrogen and oxygen atoms in total. The van der Waals surface area contributed by atoms with Crippen molar-refractivity contribution in [2.24, 2.45) is 0 Å². The van der Waals surface area contributed by atoms with E-state index in [9.17, 15) is 9.59 Å². The van der Waals surface area contributed by atoms with E-state index in [2.05, 4.69) is 20.4 Å². The Morgan fingerprint density at radius 2 is 2.18 bits per heavy atom. The number of nitrogens with zero attached hydrogens (tertiary/aromatic N) is 4. The molecule has 0 saturated carbocycles. The predicted molar refractivity (Wildman–Crippen MR) is 105 cm³/mol. The summed E-state index contributed by atoms with van der Waals surface area (Å²) in [4.78, 5) is 34.9. The van der Waals surface area contributed by atoms with Crippen LogP contribution in [0.3, 0.4) is 0 Å². The first-order chi connectivity index (χ1) is 13.6. The summed E-state index contributed by atoms with van der Waals surface area (Å²) in [6, 6.07) is 1.71. The maximum absolute atomic E-state index is 12.8. The quantitative estimate of drug-likeness (QED) is 0.661. The molecular weight excluding hydrogens is 378 g/mol. The lowest BCUT2D eigenvalue weighted by Gasteiger charge is -2.15. The fourth-order valence-electron chi connectivity index (χ4n) is 3.18. The third-order valence-electron chi connectivity index (χ3n) is 4.81. The van der Waals surface area contributed by atoms with Gasteiger partial charge in [0, 0.05) is 17.3 Å². The van der Waals surface area contributed by atoms with Crippen LogP contribution in [0.15, 0.2) is 18.5 Å². The van der Waals surface area contributed by atoms with Crippen molar-refractivity contribution in [2.45, 2.75) is 52.1 Å². The Morgan fingerprint density at radius 1 is 1.36 bits per heavy atom. The Kier molecular flexibility index (Phi) is 5.08. The normalized spacial score (nSPS) is 14.5. The van der Waals surface area contributed by atoms with Crippen LogP contribution in [0.2, 0.25) is 0 Å². The van der Waals surface area contributed by atoms with Gasteiger partial charge in [-0.2, -0.15) is 4.98 Å². The van der Waals surface area contributed by atoms with Gasteiger partial charge < -0.3 is 10.1 Å². The molecule has 4 rings (SSSR count). The van der Waals surface area contributed by atoms with Crippen molar-refractivity contribution in [1.82, 2.24) is 19.6 Å². The van der Waals surface area contributed by atoms with E-state index in [0.717, 1.165) is 42.5 Å². The van der Waals surface area contributed by atoms with Crippen LogP contribution in [0, 0.1) is 0 Å². The second kappa shape index (κ2) is 7.67. The largest absolute Gasteiger partial charge is 0.459 e. The van der Waals surface area contributed by atoms with Crippen molar-refractivity contribution in [1.29, 1.82) is 0 Å². The third kappa shape index (κ3) is 3.49. The van der Waals surface area contributed by atoms with Crippen LogP contribution in [0.1, 0.15) is 64.5 Å². The number of rotatable bonds is 5. The van der Waals surface area contributed by atoms with Crippen molar-refractivity contribution in [3.63, 3.8) is 0 Å². The van der Waals surface area contributed by atoms with Gasteiger partial charge in [0.25, 0.3) is 11.7 Å².